The van der Waals surface area contributed by atoms with Crippen LogP contribution in [0.1, 0.15) is 47.6 Å². The van der Waals surface area contributed by atoms with Crippen LogP contribution in [0.4, 0.5) is 32.0 Å². The number of amides is 1. The van der Waals surface area contributed by atoms with E-state index in [-0.39, 0.29) is 25.8 Å². The number of carbonyl (C=O) groups excluding carboxylic acids is 1. The molecule has 1 unspecified atom stereocenters. The SMILES string of the molecule is Nc1cc(C(F)(F)F)c2nc1-c1nnc(o1)C(O)(C(F)(F)F)CCCCCNC2=O. The lowest BCUT2D eigenvalue weighted by atomic mass is 9.95. The Labute approximate surface area is 164 Å². The Bertz CT molecular complexity index is 958. The van der Waals surface area contributed by atoms with E-state index in [1.54, 1.807) is 0 Å². The third-order valence-corrected chi connectivity index (χ3v) is 4.52. The summed E-state index contributed by atoms with van der Waals surface area (Å²) in [7, 11) is 0. The molecule has 3 rings (SSSR count). The van der Waals surface area contributed by atoms with Crippen LogP contribution in [0.5, 0.6) is 0 Å². The Morgan fingerprint density at radius 2 is 1.80 bits per heavy atom. The van der Waals surface area contributed by atoms with Crippen molar-refractivity contribution in [1.29, 1.82) is 0 Å². The number of alkyl halides is 6. The molecule has 14 heteroatoms. The van der Waals surface area contributed by atoms with Crippen LogP contribution >= 0.6 is 0 Å². The number of fused-ring (bicyclic) bond motifs is 5. The molecule has 1 atom stereocenters. The minimum Gasteiger partial charge on any atom is -0.416 e. The topological polar surface area (TPSA) is 127 Å². The van der Waals surface area contributed by atoms with Crippen LogP contribution in [0.3, 0.4) is 0 Å². The lowest BCUT2D eigenvalue weighted by Crippen LogP contribution is -2.42. The Hall–Kier alpha value is -2.90. The first-order chi connectivity index (χ1) is 13.8. The van der Waals surface area contributed by atoms with E-state index >= 15 is 0 Å². The molecule has 2 aromatic rings. The maximum atomic E-state index is 13.5. The zero-order valence-corrected chi connectivity index (χ0v) is 15.1. The molecule has 0 aliphatic carbocycles. The highest BCUT2D eigenvalue weighted by molar-refractivity contribution is 5.95. The molecule has 30 heavy (non-hydrogen) atoms. The number of hydrogen-bond acceptors (Lipinski definition) is 7. The Morgan fingerprint density at radius 3 is 2.43 bits per heavy atom. The highest BCUT2D eigenvalue weighted by Crippen LogP contribution is 2.43. The van der Waals surface area contributed by atoms with Crippen LogP contribution in [0.2, 0.25) is 0 Å². The van der Waals surface area contributed by atoms with E-state index in [1.165, 1.54) is 0 Å². The Balaban J connectivity index is 2.20. The highest BCUT2D eigenvalue weighted by atomic mass is 19.4. The molecule has 0 saturated heterocycles. The van der Waals surface area contributed by atoms with E-state index in [0.29, 0.717) is 6.07 Å². The summed E-state index contributed by atoms with van der Waals surface area (Å²) in [4.78, 5) is 15.8. The summed E-state index contributed by atoms with van der Waals surface area (Å²) < 4.78 is 85.4. The normalized spacial score (nSPS) is 21.1. The second-order valence-corrected chi connectivity index (χ2v) is 6.66. The molecule has 0 spiro atoms. The molecule has 4 bridgehead atoms. The summed E-state index contributed by atoms with van der Waals surface area (Å²) in [6.45, 7) is -0.111. The second kappa shape index (κ2) is 7.41. The first-order valence-electron chi connectivity index (χ1n) is 8.64. The summed E-state index contributed by atoms with van der Waals surface area (Å²) in [5, 5.41) is 19.0. The van der Waals surface area contributed by atoms with Gasteiger partial charge in [-0.1, -0.05) is 6.42 Å². The predicted molar refractivity (Wildman–Crippen MR) is 87.7 cm³/mol. The quantitative estimate of drug-likeness (QED) is 0.539. The van der Waals surface area contributed by atoms with Crippen LogP contribution < -0.4 is 11.1 Å². The minimum atomic E-state index is -5.16. The van der Waals surface area contributed by atoms with Gasteiger partial charge in [-0.15, -0.1) is 10.2 Å². The number of nitrogens with one attached hydrogen (secondary N) is 1. The largest absolute Gasteiger partial charge is 0.426 e. The van der Waals surface area contributed by atoms with Crippen molar-refractivity contribution in [2.75, 3.05) is 12.3 Å². The summed E-state index contributed by atoms with van der Waals surface area (Å²) >= 11 is 0. The number of halogens is 6. The Morgan fingerprint density at radius 1 is 1.10 bits per heavy atom. The van der Waals surface area contributed by atoms with Crippen molar-refractivity contribution in [3.63, 3.8) is 0 Å². The molecule has 1 amide bonds. The summed E-state index contributed by atoms with van der Waals surface area (Å²) in [5.74, 6) is -3.12. The molecule has 0 aromatic carbocycles. The number of nitrogens with zero attached hydrogens (tertiary/aromatic N) is 3. The van der Waals surface area contributed by atoms with Crippen LogP contribution in [-0.2, 0) is 11.8 Å². The number of rotatable bonds is 0. The second-order valence-electron chi connectivity index (χ2n) is 6.66. The third-order valence-electron chi connectivity index (χ3n) is 4.52. The predicted octanol–water partition coefficient (Wildman–Crippen LogP) is 2.79. The first kappa shape index (κ1) is 21.8. The van der Waals surface area contributed by atoms with Gasteiger partial charge in [0.25, 0.3) is 17.7 Å². The number of nitrogens with two attached hydrogens (primary N) is 1. The molecule has 3 heterocycles. The van der Waals surface area contributed by atoms with Gasteiger partial charge in [0, 0.05) is 6.54 Å². The van der Waals surface area contributed by atoms with Crippen molar-refractivity contribution < 1.29 is 40.7 Å². The van der Waals surface area contributed by atoms with Gasteiger partial charge in [0.1, 0.15) is 5.69 Å². The zero-order valence-electron chi connectivity index (χ0n) is 15.1. The van der Waals surface area contributed by atoms with Crippen molar-refractivity contribution in [1.82, 2.24) is 20.5 Å². The number of aromatic nitrogens is 3. The van der Waals surface area contributed by atoms with Gasteiger partial charge in [0.2, 0.25) is 5.60 Å². The lowest BCUT2D eigenvalue weighted by molar-refractivity contribution is -0.277. The molecule has 0 fully saturated rings. The fourth-order valence-electron chi connectivity index (χ4n) is 2.91. The maximum absolute atomic E-state index is 13.5. The van der Waals surface area contributed by atoms with Crippen LogP contribution in [0.15, 0.2) is 10.5 Å². The van der Waals surface area contributed by atoms with Gasteiger partial charge >= 0.3 is 12.4 Å². The van der Waals surface area contributed by atoms with Gasteiger partial charge in [-0.05, 0) is 25.3 Å². The van der Waals surface area contributed by atoms with E-state index in [9.17, 15) is 36.2 Å². The van der Waals surface area contributed by atoms with Crippen molar-refractivity contribution in [2.45, 2.75) is 43.6 Å². The van der Waals surface area contributed by atoms with Crippen molar-refractivity contribution in [3.05, 3.63) is 23.2 Å². The fraction of sp³-hybridized carbons (Fsp3) is 0.500. The molecule has 4 N–H and O–H groups in total. The molecule has 1 aliphatic rings. The monoisotopic (exact) mass is 439 g/mol. The Kier molecular flexibility index (Phi) is 5.39. The maximum Gasteiger partial charge on any atom is 0.426 e. The van der Waals surface area contributed by atoms with Gasteiger partial charge in [-0.25, -0.2) is 4.98 Å². The lowest BCUT2D eigenvalue weighted by Gasteiger charge is -2.27. The molecule has 2 aromatic heterocycles. The average molecular weight is 439 g/mol. The standard InChI is InChI=1S/C16H15F6N5O3/c17-15(18,19)7-6-8(23)10-12-26-27-13(30-12)14(29,16(20,21)22)4-2-1-3-5-24-11(28)9(7)25-10/h6,29H,1-5,23H2,(H,24,28). The molecular weight excluding hydrogens is 424 g/mol. The average Bonchev–Trinajstić information content (AvgIpc) is 3.11. The number of carbonyl (C=O) groups is 1. The molecular formula is C16H15F6N5O3. The van der Waals surface area contributed by atoms with E-state index in [0.717, 1.165) is 0 Å². The van der Waals surface area contributed by atoms with E-state index in [4.69, 9.17) is 10.2 Å². The first-order valence-corrected chi connectivity index (χ1v) is 8.64. The van der Waals surface area contributed by atoms with Crippen molar-refractivity contribution in [3.8, 4) is 11.6 Å². The fourth-order valence-corrected chi connectivity index (χ4v) is 2.91. The molecule has 0 radical (unpaired) electrons. The van der Waals surface area contributed by atoms with Gasteiger partial charge < -0.3 is 20.6 Å². The van der Waals surface area contributed by atoms with Crippen molar-refractivity contribution in [2.24, 2.45) is 0 Å². The molecule has 1 aliphatic heterocycles. The molecule has 164 valence electrons. The van der Waals surface area contributed by atoms with Crippen molar-refractivity contribution >= 4 is 11.6 Å². The smallest absolute Gasteiger partial charge is 0.416 e. The summed E-state index contributed by atoms with van der Waals surface area (Å²) in [6.07, 6.45) is -10.8. The third kappa shape index (κ3) is 3.91. The number of anilines is 1. The summed E-state index contributed by atoms with van der Waals surface area (Å²) in [6, 6.07) is 0.406. The molecule has 0 saturated carbocycles. The van der Waals surface area contributed by atoms with Gasteiger partial charge in [-0.2, -0.15) is 26.3 Å². The van der Waals surface area contributed by atoms with Crippen LogP contribution in [-0.4, -0.2) is 38.9 Å². The minimum absolute atomic E-state index is 0.111. The van der Waals surface area contributed by atoms with Gasteiger partial charge in [-0.3, -0.25) is 4.79 Å². The molecule has 8 nitrogen and oxygen atoms in total. The number of aliphatic hydroxyl groups is 1. The van der Waals surface area contributed by atoms with E-state index in [1.807, 2.05) is 0 Å². The van der Waals surface area contributed by atoms with Crippen LogP contribution in [0, 0.1) is 0 Å². The van der Waals surface area contributed by atoms with Gasteiger partial charge in [0.15, 0.2) is 5.69 Å². The van der Waals surface area contributed by atoms with Crippen LogP contribution in [0.25, 0.3) is 11.6 Å². The number of nitrogen functional groups attached to an aromatic ring is 1. The van der Waals surface area contributed by atoms with E-state index < -0.39 is 64.7 Å². The van der Waals surface area contributed by atoms with E-state index in [2.05, 4.69) is 20.5 Å². The highest BCUT2D eigenvalue weighted by Gasteiger charge is 2.58. The number of pyridine rings is 1. The van der Waals surface area contributed by atoms with Gasteiger partial charge in [0.05, 0.1) is 11.3 Å². The zero-order chi connectivity index (χ0) is 22.3. The summed E-state index contributed by atoms with van der Waals surface area (Å²) in [5.41, 5.74) is -1.65. The number of hydrogen-bond donors (Lipinski definition) is 3.